The summed E-state index contributed by atoms with van der Waals surface area (Å²) >= 11 is 20.9. The highest BCUT2D eigenvalue weighted by atomic mass is 79.9. The Balaban J connectivity index is 3.37. The van der Waals surface area contributed by atoms with Gasteiger partial charge in [0, 0.05) is 10.9 Å². The maximum atomic E-state index is 10.6. The lowest BCUT2D eigenvalue weighted by atomic mass is 10.1. The highest BCUT2D eigenvalue weighted by Gasteiger charge is 2.11. The summed E-state index contributed by atoms with van der Waals surface area (Å²) in [6, 6.07) is 5.19. The van der Waals surface area contributed by atoms with Gasteiger partial charge in [0.2, 0.25) is 0 Å². The van der Waals surface area contributed by atoms with E-state index in [1.807, 2.05) is 0 Å². The molecule has 0 spiro atoms. The van der Waals surface area contributed by atoms with E-state index < -0.39 is 0 Å². The average molecular weight is 328 g/mol. The summed E-state index contributed by atoms with van der Waals surface area (Å²) in [6.07, 6.45) is 0.579. The monoisotopic (exact) mass is 326 g/mol. The van der Waals surface area contributed by atoms with Gasteiger partial charge in [-0.3, -0.25) is 4.79 Å². The molecule has 0 fully saturated rings. The van der Waals surface area contributed by atoms with Gasteiger partial charge in [-0.05, 0) is 11.6 Å². The van der Waals surface area contributed by atoms with Crippen molar-refractivity contribution in [2.45, 2.75) is 0 Å². The molecular weight excluding hydrogens is 322 g/mol. The molecule has 0 bridgehead atoms. The molecule has 1 nitrogen and oxygen atoms in total. The van der Waals surface area contributed by atoms with Crippen LogP contribution in [0.5, 0.6) is 0 Å². The molecule has 15 heavy (non-hydrogen) atoms. The van der Waals surface area contributed by atoms with Crippen molar-refractivity contribution in [2.24, 2.45) is 0 Å². The van der Waals surface area contributed by atoms with Crippen molar-refractivity contribution in [2.75, 3.05) is 5.33 Å². The van der Waals surface area contributed by atoms with E-state index in [9.17, 15) is 4.79 Å². The largest absolute Gasteiger partial charge is 0.297 e. The number of hydrogen-bond donors (Lipinski definition) is 0. The van der Waals surface area contributed by atoms with Crippen molar-refractivity contribution >= 4 is 62.6 Å². The van der Waals surface area contributed by atoms with Crippen molar-refractivity contribution < 1.29 is 4.79 Å². The van der Waals surface area contributed by atoms with Gasteiger partial charge in [0.15, 0.2) is 6.29 Å². The summed E-state index contributed by atoms with van der Waals surface area (Å²) in [4.78, 5) is 10.6. The normalized spacial score (nSPS) is 12.3. The summed E-state index contributed by atoms with van der Waals surface area (Å²) in [7, 11) is 0. The lowest BCUT2D eigenvalue weighted by Gasteiger charge is -2.08. The van der Waals surface area contributed by atoms with Gasteiger partial charge < -0.3 is 0 Å². The number of aldehydes is 1. The molecule has 0 saturated carbocycles. The summed E-state index contributed by atoms with van der Waals surface area (Å²) < 4.78 is 0. The SMILES string of the molecule is O=C/C(Cl)=C(/CBr)c1cccc(Cl)c1Cl. The van der Waals surface area contributed by atoms with Gasteiger partial charge in [-0.25, -0.2) is 0 Å². The fraction of sp³-hybridized carbons (Fsp3) is 0.100. The second-order valence-electron chi connectivity index (χ2n) is 2.68. The van der Waals surface area contributed by atoms with Crippen molar-refractivity contribution in [1.29, 1.82) is 0 Å². The number of allylic oxidation sites excluding steroid dienone is 2. The van der Waals surface area contributed by atoms with Crippen molar-refractivity contribution in [3.63, 3.8) is 0 Å². The zero-order valence-electron chi connectivity index (χ0n) is 7.44. The first-order valence-electron chi connectivity index (χ1n) is 3.96. The molecule has 1 aromatic carbocycles. The van der Waals surface area contributed by atoms with Crippen LogP contribution in [-0.4, -0.2) is 11.6 Å². The number of rotatable bonds is 3. The van der Waals surface area contributed by atoms with Crippen LogP contribution in [0, 0.1) is 0 Å². The number of carbonyl (C=O) groups excluding carboxylic acids is 1. The molecule has 1 aromatic rings. The lowest BCUT2D eigenvalue weighted by Crippen LogP contribution is -1.92. The first kappa shape index (κ1) is 13.0. The van der Waals surface area contributed by atoms with Crippen molar-refractivity contribution in [3.05, 3.63) is 38.8 Å². The fourth-order valence-electron chi connectivity index (χ4n) is 1.07. The van der Waals surface area contributed by atoms with Crippen LogP contribution in [0.25, 0.3) is 5.57 Å². The van der Waals surface area contributed by atoms with Crippen LogP contribution in [0.2, 0.25) is 10.0 Å². The molecule has 1 rings (SSSR count). The predicted octanol–water partition coefficient (Wildman–Crippen LogP) is 4.54. The number of alkyl halides is 1. The van der Waals surface area contributed by atoms with E-state index in [2.05, 4.69) is 15.9 Å². The van der Waals surface area contributed by atoms with Gasteiger partial charge in [-0.15, -0.1) is 0 Å². The van der Waals surface area contributed by atoms with Crippen molar-refractivity contribution in [1.82, 2.24) is 0 Å². The quantitative estimate of drug-likeness (QED) is 0.452. The minimum absolute atomic E-state index is 0.121. The van der Waals surface area contributed by atoms with E-state index in [-0.39, 0.29) is 5.03 Å². The lowest BCUT2D eigenvalue weighted by molar-refractivity contribution is -0.104. The Hall–Kier alpha value is -0.0200. The van der Waals surface area contributed by atoms with Gasteiger partial charge in [-0.2, -0.15) is 0 Å². The molecule has 0 amide bonds. The molecule has 0 aliphatic heterocycles. The third-order valence-corrected chi connectivity index (χ3v) is 3.50. The van der Waals surface area contributed by atoms with Crippen LogP contribution >= 0.6 is 50.7 Å². The smallest absolute Gasteiger partial charge is 0.161 e. The van der Waals surface area contributed by atoms with E-state index >= 15 is 0 Å². The van der Waals surface area contributed by atoms with Gasteiger partial charge in [0.25, 0.3) is 0 Å². The third-order valence-electron chi connectivity index (χ3n) is 1.80. The topological polar surface area (TPSA) is 17.1 Å². The van der Waals surface area contributed by atoms with Crippen LogP contribution in [0.4, 0.5) is 0 Å². The number of benzene rings is 1. The van der Waals surface area contributed by atoms with E-state index in [1.54, 1.807) is 18.2 Å². The van der Waals surface area contributed by atoms with Gasteiger partial charge in [-0.1, -0.05) is 62.9 Å². The molecule has 0 heterocycles. The van der Waals surface area contributed by atoms with Crippen LogP contribution in [0.1, 0.15) is 5.56 Å². The second kappa shape index (κ2) is 5.90. The molecule has 0 unspecified atom stereocenters. The van der Waals surface area contributed by atoms with E-state index in [4.69, 9.17) is 34.8 Å². The maximum absolute atomic E-state index is 10.6. The minimum Gasteiger partial charge on any atom is -0.297 e. The minimum atomic E-state index is 0.121. The number of halogens is 4. The molecule has 5 heteroatoms. The Morgan fingerprint density at radius 2 is 2.07 bits per heavy atom. The molecule has 0 aromatic heterocycles. The van der Waals surface area contributed by atoms with Crippen LogP contribution in [0.15, 0.2) is 23.2 Å². The van der Waals surface area contributed by atoms with Gasteiger partial charge in [0.1, 0.15) is 0 Å². The Kier molecular flexibility index (Phi) is 5.13. The molecule has 0 N–H and O–H groups in total. The number of carbonyl (C=O) groups is 1. The van der Waals surface area contributed by atoms with Crippen LogP contribution in [0.3, 0.4) is 0 Å². The molecule has 0 aliphatic carbocycles. The van der Waals surface area contributed by atoms with E-state index in [0.717, 1.165) is 0 Å². The maximum Gasteiger partial charge on any atom is 0.161 e. The van der Waals surface area contributed by atoms with E-state index in [0.29, 0.717) is 32.8 Å². The summed E-state index contributed by atoms with van der Waals surface area (Å²) in [5.41, 5.74) is 1.29. The summed E-state index contributed by atoms with van der Waals surface area (Å²) in [5.74, 6) is 0. The van der Waals surface area contributed by atoms with Crippen LogP contribution in [-0.2, 0) is 4.79 Å². The Morgan fingerprint density at radius 1 is 1.40 bits per heavy atom. The average Bonchev–Trinajstić information content (AvgIpc) is 2.24. The molecule has 0 aliphatic rings. The summed E-state index contributed by atoms with van der Waals surface area (Å²) in [5, 5.41) is 1.39. The van der Waals surface area contributed by atoms with E-state index in [1.165, 1.54) is 0 Å². The Bertz CT molecular complexity index is 415. The highest BCUT2D eigenvalue weighted by molar-refractivity contribution is 9.09. The van der Waals surface area contributed by atoms with Gasteiger partial charge >= 0.3 is 0 Å². The first-order chi connectivity index (χ1) is 7.11. The zero-order valence-corrected chi connectivity index (χ0v) is 11.3. The zero-order chi connectivity index (χ0) is 11.4. The summed E-state index contributed by atoms with van der Waals surface area (Å²) in [6.45, 7) is 0. The van der Waals surface area contributed by atoms with Crippen molar-refractivity contribution in [3.8, 4) is 0 Å². The molecule has 0 atom stereocenters. The molecule has 0 radical (unpaired) electrons. The standard InChI is InChI=1S/C10H6BrCl3O/c11-4-7(9(13)5-15)6-2-1-3-8(12)10(6)14/h1-3,5H,4H2/b9-7+. The Labute approximate surface area is 111 Å². The second-order valence-corrected chi connectivity index (χ2v) is 4.43. The third kappa shape index (κ3) is 2.97. The number of hydrogen-bond acceptors (Lipinski definition) is 1. The molecular formula is C10H6BrCl3O. The Morgan fingerprint density at radius 3 is 2.60 bits per heavy atom. The predicted molar refractivity (Wildman–Crippen MR) is 69.1 cm³/mol. The first-order valence-corrected chi connectivity index (χ1v) is 6.21. The highest BCUT2D eigenvalue weighted by Crippen LogP contribution is 2.33. The molecule has 0 saturated heterocycles. The van der Waals surface area contributed by atoms with Gasteiger partial charge in [0.05, 0.1) is 15.1 Å². The molecule has 80 valence electrons. The fourth-order valence-corrected chi connectivity index (χ4v) is 2.42. The van der Waals surface area contributed by atoms with Crippen LogP contribution < -0.4 is 0 Å².